The van der Waals surface area contributed by atoms with E-state index in [0.29, 0.717) is 17.2 Å². The summed E-state index contributed by atoms with van der Waals surface area (Å²) in [7, 11) is 2.59. The minimum Gasteiger partial charge on any atom is -0.374 e. The fourth-order valence-corrected chi connectivity index (χ4v) is 5.02. The number of ether oxygens (including phenoxy) is 1. The second-order valence-corrected chi connectivity index (χ2v) is 8.74. The van der Waals surface area contributed by atoms with Gasteiger partial charge in [0.2, 0.25) is 0 Å². The highest BCUT2D eigenvalue weighted by molar-refractivity contribution is 7.38. The van der Waals surface area contributed by atoms with Gasteiger partial charge >= 0.3 is 0 Å². The number of rotatable bonds is 7. The fraction of sp³-hybridized carbons (Fsp3) is 0.409. The molecule has 0 N–H and O–H groups in total. The summed E-state index contributed by atoms with van der Waals surface area (Å²) < 4.78 is 22.3. The molecule has 0 radical (unpaired) electrons. The molecule has 1 fully saturated rings. The van der Waals surface area contributed by atoms with Crippen molar-refractivity contribution in [2.45, 2.75) is 38.6 Å². The van der Waals surface area contributed by atoms with E-state index in [2.05, 4.69) is 20.2 Å². The number of hydrogen-bond acceptors (Lipinski definition) is 2. The summed E-state index contributed by atoms with van der Waals surface area (Å²) in [5.74, 6) is 0.310. The maximum atomic E-state index is 14.6. The molecule has 5 heteroatoms. The van der Waals surface area contributed by atoms with Crippen LogP contribution in [-0.2, 0) is 11.3 Å². The van der Waals surface area contributed by atoms with E-state index in [0.717, 1.165) is 44.8 Å². The molecule has 1 aliphatic rings. The summed E-state index contributed by atoms with van der Waals surface area (Å²) in [6, 6.07) is 5.31. The molecule has 0 saturated heterocycles. The standard InChI is InChI=1S/C22H28FN2OP/c1-6-7-8-18-16(3)25(14-17-12-22(13-17,26-4)27-5)24-21(18)19-10-9-15(2)11-20(19)23/h6-11,17,27H,1,12-14H2,2-5H3/b8-7-. The van der Waals surface area contributed by atoms with E-state index < -0.39 is 0 Å². The molecule has 2 aromatic rings. The Morgan fingerprint density at radius 1 is 1.41 bits per heavy atom. The molecule has 0 aliphatic heterocycles. The number of allylic oxidation sites excluding steroid dienone is 2. The van der Waals surface area contributed by atoms with Crippen molar-refractivity contribution >= 4 is 14.7 Å². The number of hydrogen-bond donors (Lipinski definition) is 0. The lowest BCUT2D eigenvalue weighted by atomic mass is 9.81. The SMILES string of the molecule is C=C/C=C\c1c(-c2ccc(C)cc2F)nn(CC2CC(OC)(PC)C2)c1C. The summed E-state index contributed by atoms with van der Waals surface area (Å²) in [5.41, 5.74) is 4.14. The van der Waals surface area contributed by atoms with Gasteiger partial charge in [0.1, 0.15) is 11.5 Å². The predicted molar refractivity (Wildman–Crippen MR) is 113 cm³/mol. The first-order chi connectivity index (χ1) is 12.9. The van der Waals surface area contributed by atoms with Crippen LogP contribution in [0.1, 0.15) is 29.7 Å². The molecule has 144 valence electrons. The van der Waals surface area contributed by atoms with Crippen LogP contribution in [0.4, 0.5) is 4.39 Å². The predicted octanol–water partition coefficient (Wildman–Crippen LogP) is 5.57. The molecule has 3 nitrogen and oxygen atoms in total. The van der Waals surface area contributed by atoms with Crippen molar-refractivity contribution < 1.29 is 9.13 Å². The van der Waals surface area contributed by atoms with Crippen molar-refractivity contribution in [3.63, 3.8) is 0 Å². The summed E-state index contributed by atoms with van der Waals surface area (Å²) in [5, 5.41) is 4.86. The van der Waals surface area contributed by atoms with Crippen molar-refractivity contribution in [3.8, 4) is 11.3 Å². The molecule has 27 heavy (non-hydrogen) atoms. The van der Waals surface area contributed by atoms with Crippen molar-refractivity contribution in [2.75, 3.05) is 13.8 Å². The maximum Gasteiger partial charge on any atom is 0.132 e. The molecule has 0 bridgehead atoms. The highest BCUT2D eigenvalue weighted by Crippen LogP contribution is 2.51. The van der Waals surface area contributed by atoms with Gasteiger partial charge in [-0.15, -0.1) is 0 Å². The van der Waals surface area contributed by atoms with Gasteiger partial charge in [-0.2, -0.15) is 5.10 Å². The quantitative estimate of drug-likeness (QED) is 0.460. The lowest BCUT2D eigenvalue weighted by Crippen LogP contribution is -2.43. The lowest BCUT2D eigenvalue weighted by Gasteiger charge is -2.46. The molecule has 1 unspecified atom stereocenters. The molecular weight excluding hydrogens is 358 g/mol. The zero-order chi connectivity index (χ0) is 19.6. The number of aromatic nitrogens is 2. The number of nitrogens with zero attached hydrogens (tertiary/aromatic N) is 2. The highest BCUT2D eigenvalue weighted by Gasteiger charge is 2.43. The fourth-order valence-electron chi connectivity index (χ4n) is 3.83. The van der Waals surface area contributed by atoms with Crippen LogP contribution in [0.15, 0.2) is 36.9 Å². The van der Waals surface area contributed by atoms with Crippen molar-refractivity contribution in [1.29, 1.82) is 0 Å². The van der Waals surface area contributed by atoms with E-state index in [4.69, 9.17) is 9.84 Å². The first-order valence-electron chi connectivity index (χ1n) is 9.30. The second-order valence-electron chi connectivity index (χ2n) is 7.33. The Hall–Kier alpha value is -1.77. The minimum absolute atomic E-state index is 0.0587. The van der Waals surface area contributed by atoms with Crippen molar-refractivity contribution in [3.05, 3.63) is 59.6 Å². The summed E-state index contributed by atoms with van der Waals surface area (Å²) >= 11 is 0. The van der Waals surface area contributed by atoms with Gasteiger partial charge in [0, 0.05) is 30.5 Å². The Morgan fingerprint density at radius 2 is 2.15 bits per heavy atom. The Kier molecular flexibility index (Phi) is 5.98. The summed E-state index contributed by atoms with van der Waals surface area (Å²) in [6.45, 7) is 10.7. The number of methoxy groups -OCH3 is 1. The van der Waals surface area contributed by atoms with Crippen LogP contribution in [0.5, 0.6) is 0 Å². The van der Waals surface area contributed by atoms with E-state index >= 15 is 0 Å². The average molecular weight is 386 g/mol. The van der Waals surface area contributed by atoms with Crippen molar-refractivity contribution in [2.24, 2.45) is 5.92 Å². The first-order valence-corrected chi connectivity index (χ1v) is 10.8. The molecule has 1 saturated carbocycles. The van der Waals surface area contributed by atoms with E-state index in [1.54, 1.807) is 12.1 Å². The van der Waals surface area contributed by atoms with Gasteiger partial charge in [-0.1, -0.05) is 39.5 Å². The molecule has 3 rings (SSSR count). The molecular formula is C22H28FN2OP. The lowest BCUT2D eigenvalue weighted by molar-refractivity contribution is -0.0385. The zero-order valence-electron chi connectivity index (χ0n) is 16.6. The molecule has 1 heterocycles. The van der Waals surface area contributed by atoms with Gasteiger partial charge in [-0.25, -0.2) is 4.39 Å². The summed E-state index contributed by atoms with van der Waals surface area (Å²) in [6.07, 6.45) is 7.69. The van der Waals surface area contributed by atoms with Crippen LogP contribution in [0.3, 0.4) is 0 Å². The summed E-state index contributed by atoms with van der Waals surface area (Å²) in [4.78, 5) is 0. The Balaban J connectivity index is 1.93. The van der Waals surface area contributed by atoms with E-state index in [1.807, 2.05) is 43.0 Å². The third-order valence-corrected chi connectivity index (χ3v) is 7.07. The van der Waals surface area contributed by atoms with E-state index in [9.17, 15) is 4.39 Å². The van der Waals surface area contributed by atoms with Gasteiger partial charge in [0.05, 0.1) is 5.34 Å². The minimum atomic E-state index is -0.234. The molecule has 1 aliphatic carbocycles. The zero-order valence-corrected chi connectivity index (χ0v) is 17.6. The molecule has 1 atom stereocenters. The van der Waals surface area contributed by atoms with Gasteiger partial charge in [0.25, 0.3) is 0 Å². The largest absolute Gasteiger partial charge is 0.374 e. The number of benzene rings is 1. The molecule has 0 amide bonds. The Bertz CT molecular complexity index is 859. The van der Waals surface area contributed by atoms with Crippen LogP contribution >= 0.6 is 8.58 Å². The molecule has 1 aromatic carbocycles. The average Bonchev–Trinajstić information content (AvgIpc) is 2.91. The number of halogens is 1. The van der Waals surface area contributed by atoms with E-state index in [-0.39, 0.29) is 11.2 Å². The number of aryl methyl sites for hydroxylation is 1. The van der Waals surface area contributed by atoms with Gasteiger partial charge < -0.3 is 4.74 Å². The van der Waals surface area contributed by atoms with Gasteiger partial charge in [-0.3, -0.25) is 4.68 Å². The normalized spacial score (nSPS) is 22.6. The van der Waals surface area contributed by atoms with Crippen LogP contribution < -0.4 is 0 Å². The first kappa shape index (κ1) is 20.0. The van der Waals surface area contributed by atoms with Crippen LogP contribution in [0.25, 0.3) is 17.3 Å². The maximum absolute atomic E-state index is 14.6. The topological polar surface area (TPSA) is 27.1 Å². The van der Waals surface area contributed by atoms with Crippen LogP contribution in [-0.4, -0.2) is 28.9 Å². The third kappa shape index (κ3) is 3.93. The Morgan fingerprint density at radius 3 is 2.74 bits per heavy atom. The smallest absolute Gasteiger partial charge is 0.132 e. The third-order valence-electron chi connectivity index (χ3n) is 5.55. The van der Waals surface area contributed by atoms with Crippen LogP contribution in [0.2, 0.25) is 0 Å². The van der Waals surface area contributed by atoms with Crippen molar-refractivity contribution in [1.82, 2.24) is 9.78 Å². The monoisotopic (exact) mass is 386 g/mol. The molecule has 1 aromatic heterocycles. The van der Waals surface area contributed by atoms with Crippen LogP contribution in [0, 0.1) is 25.6 Å². The van der Waals surface area contributed by atoms with Gasteiger partial charge in [0.15, 0.2) is 0 Å². The molecule has 0 spiro atoms. The second kappa shape index (κ2) is 8.08. The highest BCUT2D eigenvalue weighted by atomic mass is 31.1. The Labute approximate surface area is 163 Å². The van der Waals surface area contributed by atoms with E-state index in [1.165, 1.54) is 0 Å². The van der Waals surface area contributed by atoms with Gasteiger partial charge in [-0.05, 0) is 57.0 Å².